The number of primary amides is 1. The summed E-state index contributed by atoms with van der Waals surface area (Å²) in [6.07, 6.45) is 3.00. The quantitative estimate of drug-likeness (QED) is 0.185. The number of amides is 3. The number of hydrogen-bond acceptors (Lipinski definition) is 10. The van der Waals surface area contributed by atoms with Crippen molar-refractivity contribution in [3.05, 3.63) is 41.0 Å². The largest absolute Gasteiger partial charge is 0.505 e. The Bertz CT molecular complexity index is 1340. The number of hydrogen-bond donors (Lipinski definition) is 5. The van der Waals surface area contributed by atoms with Crippen LogP contribution < -0.4 is 21.1 Å². The number of carbonyl (C=O) groups is 3. The molecule has 0 saturated heterocycles. The van der Waals surface area contributed by atoms with E-state index >= 15 is 0 Å². The van der Waals surface area contributed by atoms with Gasteiger partial charge in [-0.3, -0.25) is 9.59 Å². The fourth-order valence-corrected chi connectivity index (χ4v) is 6.37. The van der Waals surface area contributed by atoms with Crippen molar-refractivity contribution in [1.82, 2.24) is 0 Å². The van der Waals surface area contributed by atoms with Crippen LogP contribution in [0.15, 0.2) is 40.3 Å². The van der Waals surface area contributed by atoms with Crippen LogP contribution in [0.25, 0.3) is 0 Å². The number of ether oxygens (including phenoxy) is 4. The topological polar surface area (TPSA) is 179 Å². The van der Waals surface area contributed by atoms with E-state index < -0.39 is 42.3 Å². The van der Waals surface area contributed by atoms with E-state index in [4.69, 9.17) is 24.7 Å². The van der Waals surface area contributed by atoms with Gasteiger partial charge in [0.05, 0.1) is 41.3 Å². The van der Waals surface area contributed by atoms with E-state index in [9.17, 15) is 24.6 Å². The summed E-state index contributed by atoms with van der Waals surface area (Å²) in [7, 11) is 4.41. The second-order valence-corrected chi connectivity index (χ2v) is 12.1. The van der Waals surface area contributed by atoms with Gasteiger partial charge in [0, 0.05) is 31.3 Å². The number of methoxy groups -OCH3 is 3. The van der Waals surface area contributed by atoms with Crippen molar-refractivity contribution in [1.29, 1.82) is 0 Å². The normalized spacial score (nSPS) is 26.9. The molecule has 0 saturated carbocycles. The highest BCUT2D eigenvalue weighted by Gasteiger charge is 2.33. The third-order valence-corrected chi connectivity index (χ3v) is 8.84. The van der Waals surface area contributed by atoms with Crippen molar-refractivity contribution in [3.8, 4) is 11.5 Å². The molecule has 2 bridgehead atoms. The summed E-state index contributed by atoms with van der Waals surface area (Å²) in [5, 5.41) is 28.5. The molecule has 2 heterocycles. The van der Waals surface area contributed by atoms with Crippen LogP contribution >= 0.6 is 11.8 Å². The average molecular weight is 634 g/mol. The number of aliphatic hydroxyl groups excluding tert-OH is 1. The Balaban J connectivity index is 2.18. The van der Waals surface area contributed by atoms with E-state index in [1.165, 1.54) is 33.1 Å². The Morgan fingerprint density at radius 1 is 1.09 bits per heavy atom. The van der Waals surface area contributed by atoms with Crippen LogP contribution in [-0.2, 0) is 30.2 Å². The second-order valence-electron chi connectivity index (χ2n) is 11.1. The molecule has 1 aromatic carbocycles. The number of carbonyl (C=O) groups excluding carboxylic acids is 3. The zero-order chi connectivity index (χ0) is 32.7. The Morgan fingerprint density at radius 2 is 1.80 bits per heavy atom. The number of rotatable bonds is 4. The molecule has 0 fully saturated rings. The van der Waals surface area contributed by atoms with Gasteiger partial charge in [-0.15, -0.1) is 11.8 Å². The molecule has 0 unspecified atom stereocenters. The number of nitrogens with one attached hydrogen (secondary N) is 2. The number of benzene rings is 1. The van der Waals surface area contributed by atoms with E-state index in [2.05, 4.69) is 10.6 Å². The van der Waals surface area contributed by atoms with Crippen LogP contribution in [0, 0.1) is 11.8 Å². The molecule has 242 valence electrons. The number of thioether (sulfide) groups is 1. The predicted molar refractivity (Wildman–Crippen MR) is 168 cm³/mol. The van der Waals surface area contributed by atoms with Gasteiger partial charge in [0.1, 0.15) is 11.9 Å². The molecular weight excluding hydrogens is 590 g/mol. The SMILES string of the molecule is COc1c2c(O)c(c3c1NC(=O)CS3)NC(=O)C(C)=CC=C[C@@H](OC)[C@H](OC(N)=O)C(C)=C[C@@H](C)[C@H](O)[C@H](OC)C[C@@H](C)C2. The monoisotopic (exact) mass is 633 g/mol. The van der Waals surface area contributed by atoms with Gasteiger partial charge < -0.3 is 45.5 Å². The van der Waals surface area contributed by atoms with Crippen molar-refractivity contribution in [2.24, 2.45) is 17.6 Å². The molecule has 0 aliphatic carbocycles. The maximum Gasteiger partial charge on any atom is 0.405 e. The van der Waals surface area contributed by atoms with E-state index in [-0.39, 0.29) is 35.4 Å². The third-order valence-electron chi connectivity index (χ3n) is 7.74. The fourth-order valence-electron chi connectivity index (χ4n) is 5.44. The Morgan fingerprint density at radius 3 is 2.41 bits per heavy atom. The molecule has 3 amide bonds. The van der Waals surface area contributed by atoms with Gasteiger partial charge in [0.25, 0.3) is 5.91 Å². The average Bonchev–Trinajstić information content (AvgIpc) is 2.98. The summed E-state index contributed by atoms with van der Waals surface area (Å²) in [6.45, 7) is 7.11. The predicted octanol–water partition coefficient (Wildman–Crippen LogP) is 3.91. The summed E-state index contributed by atoms with van der Waals surface area (Å²) < 4.78 is 22.4. The molecule has 2 aliphatic heterocycles. The van der Waals surface area contributed by atoms with E-state index in [0.29, 0.717) is 39.5 Å². The summed E-state index contributed by atoms with van der Waals surface area (Å²) in [5.41, 5.74) is 7.21. The second kappa shape index (κ2) is 15.5. The van der Waals surface area contributed by atoms with Gasteiger partial charge >= 0.3 is 6.09 Å². The van der Waals surface area contributed by atoms with Crippen molar-refractivity contribution in [3.63, 3.8) is 0 Å². The zero-order valence-electron chi connectivity index (χ0n) is 26.1. The highest BCUT2D eigenvalue weighted by atomic mass is 32.2. The number of phenolic OH excluding ortho intramolecular Hbond substituents is 1. The maximum atomic E-state index is 13.3. The number of allylic oxidation sites excluding steroid dienone is 2. The lowest BCUT2D eigenvalue weighted by atomic mass is 9.87. The molecule has 12 nitrogen and oxygen atoms in total. The number of nitrogens with two attached hydrogens (primary N) is 1. The molecule has 0 aromatic heterocycles. The van der Waals surface area contributed by atoms with Gasteiger partial charge in [0.2, 0.25) is 5.91 Å². The van der Waals surface area contributed by atoms with Gasteiger partial charge in [0.15, 0.2) is 11.9 Å². The molecule has 1 aromatic rings. The first-order chi connectivity index (χ1) is 20.8. The van der Waals surface area contributed by atoms with Crippen molar-refractivity contribution < 1.29 is 43.5 Å². The van der Waals surface area contributed by atoms with Gasteiger partial charge in [-0.1, -0.05) is 38.2 Å². The summed E-state index contributed by atoms with van der Waals surface area (Å²) in [5.74, 6) is -1.08. The van der Waals surface area contributed by atoms with E-state index in [0.717, 1.165) is 0 Å². The summed E-state index contributed by atoms with van der Waals surface area (Å²) >= 11 is 1.18. The number of phenols is 1. The standard InChI is InChI=1S/C31H43N3O9S/c1-15-11-19-26(37)23(29-24(28(19)42-7)33-22(35)14-44-29)34-30(38)16(2)9-8-10-20(40-5)27(43-31(32)39)18(4)13-17(3)25(36)21(12-15)41-6/h8-10,13,15,17,20-21,25,27,36-37H,11-12,14H2,1-7H3,(H2,32,39)(H,33,35)(H,34,38)/t15-,17+,20+,21+,25-,27+/m0/s1. The molecule has 6 N–H and O–H groups in total. The first-order valence-corrected chi connectivity index (χ1v) is 15.2. The first kappa shape index (κ1) is 35.0. The minimum Gasteiger partial charge on any atom is -0.505 e. The summed E-state index contributed by atoms with van der Waals surface area (Å²) in [4.78, 5) is 38.0. The maximum absolute atomic E-state index is 13.3. The number of aliphatic hydroxyl groups is 1. The van der Waals surface area contributed by atoms with Gasteiger partial charge in [-0.2, -0.15) is 0 Å². The zero-order valence-corrected chi connectivity index (χ0v) is 26.9. The van der Waals surface area contributed by atoms with Crippen LogP contribution in [0.5, 0.6) is 11.5 Å². The highest BCUT2D eigenvalue weighted by Crippen LogP contribution is 2.52. The van der Waals surface area contributed by atoms with Crippen molar-refractivity contribution >= 4 is 41.0 Å². The van der Waals surface area contributed by atoms with Crippen LogP contribution in [0.3, 0.4) is 0 Å². The van der Waals surface area contributed by atoms with E-state index in [1.807, 2.05) is 13.8 Å². The van der Waals surface area contributed by atoms with E-state index in [1.54, 1.807) is 38.2 Å². The van der Waals surface area contributed by atoms with Crippen LogP contribution in [0.1, 0.15) is 39.7 Å². The summed E-state index contributed by atoms with van der Waals surface area (Å²) in [6, 6.07) is 0. The van der Waals surface area contributed by atoms with Gasteiger partial charge in [-0.05, 0) is 38.2 Å². The minimum atomic E-state index is -0.992. The molecular formula is C31H43N3O9S. The Kier molecular flexibility index (Phi) is 12.3. The number of fused-ring (bicyclic) bond motifs is 4. The molecule has 0 radical (unpaired) electrons. The molecule has 6 atom stereocenters. The van der Waals surface area contributed by atoms with Crippen molar-refractivity contribution in [2.75, 3.05) is 37.7 Å². The smallest absolute Gasteiger partial charge is 0.405 e. The first-order valence-electron chi connectivity index (χ1n) is 14.3. The Hall–Kier alpha value is -3.52. The number of aromatic hydroxyl groups is 1. The van der Waals surface area contributed by atoms with Crippen LogP contribution in [-0.4, -0.2) is 79.6 Å². The lowest BCUT2D eigenvalue weighted by Gasteiger charge is -2.30. The molecule has 2 aliphatic rings. The third kappa shape index (κ3) is 8.14. The number of anilines is 2. The lowest BCUT2D eigenvalue weighted by Crippen LogP contribution is -2.37. The molecule has 13 heteroatoms. The van der Waals surface area contributed by atoms with Crippen molar-refractivity contribution in [2.45, 2.75) is 69.8 Å². The van der Waals surface area contributed by atoms with Crippen LogP contribution in [0.4, 0.5) is 16.2 Å². The lowest BCUT2D eigenvalue weighted by molar-refractivity contribution is -0.114. The fraction of sp³-hybridized carbons (Fsp3) is 0.516. The van der Waals surface area contributed by atoms with Gasteiger partial charge in [-0.25, -0.2) is 4.79 Å². The molecule has 44 heavy (non-hydrogen) atoms. The molecule has 3 rings (SSSR count). The highest BCUT2D eigenvalue weighted by molar-refractivity contribution is 8.00. The Labute approximate surface area is 262 Å². The molecule has 0 spiro atoms. The van der Waals surface area contributed by atoms with Crippen LogP contribution in [0.2, 0.25) is 0 Å². The minimum absolute atomic E-state index is 0.0950.